The van der Waals surface area contributed by atoms with Crippen molar-refractivity contribution in [2.75, 3.05) is 11.9 Å². The number of anilines is 1. The molecular weight excluding hydrogens is 222 g/mol. The zero-order chi connectivity index (χ0) is 12.9. The molecule has 0 saturated heterocycles. The van der Waals surface area contributed by atoms with Gasteiger partial charge in [0.1, 0.15) is 0 Å². The number of nitrogens with one attached hydrogen (secondary N) is 2. The summed E-state index contributed by atoms with van der Waals surface area (Å²) in [6.07, 6.45) is 0.345. The maximum atomic E-state index is 11.5. The molecule has 0 bridgehead atoms. The van der Waals surface area contributed by atoms with E-state index in [1.807, 2.05) is 20.8 Å². The number of carbonyl (C=O) groups is 1. The number of hydrogen-bond donors (Lipinski definition) is 3. The third kappa shape index (κ3) is 5.30. The number of nitrogens with two attached hydrogens (primary N) is 1. The van der Waals surface area contributed by atoms with Crippen molar-refractivity contribution in [3.8, 4) is 0 Å². The van der Waals surface area contributed by atoms with Crippen LogP contribution < -0.4 is 16.4 Å². The molecule has 0 atom stereocenters. The number of amides is 1. The molecule has 1 aromatic heterocycles. The predicted octanol–water partition coefficient (Wildman–Crippen LogP) is 0.245. The molecular formula is C10H19N5O2. The minimum absolute atomic E-state index is 0.0245. The predicted molar refractivity (Wildman–Crippen MR) is 63.2 cm³/mol. The van der Waals surface area contributed by atoms with Crippen molar-refractivity contribution >= 4 is 11.9 Å². The Morgan fingerprint density at radius 1 is 1.41 bits per heavy atom. The summed E-state index contributed by atoms with van der Waals surface area (Å²) < 4.78 is 5.13. The summed E-state index contributed by atoms with van der Waals surface area (Å²) in [6.45, 7) is 6.45. The number of rotatable bonds is 5. The standard InChI is InChI=1S/C10H19N5O2/c1-10(2,3)13-7(16)4-5-12-9-15-14-8(6-11)17-9/h4-6,11H2,1-3H3,(H,12,15)(H,13,16). The second-order valence-electron chi connectivity index (χ2n) is 4.68. The van der Waals surface area contributed by atoms with E-state index in [0.29, 0.717) is 18.9 Å². The van der Waals surface area contributed by atoms with Gasteiger partial charge in [-0.3, -0.25) is 4.79 Å². The molecule has 0 aliphatic rings. The Bertz CT molecular complexity index is 369. The zero-order valence-electron chi connectivity index (χ0n) is 10.4. The van der Waals surface area contributed by atoms with Gasteiger partial charge < -0.3 is 20.8 Å². The van der Waals surface area contributed by atoms with Crippen molar-refractivity contribution in [2.45, 2.75) is 39.3 Å². The summed E-state index contributed by atoms with van der Waals surface area (Å²) in [7, 11) is 0. The average molecular weight is 241 g/mol. The van der Waals surface area contributed by atoms with E-state index < -0.39 is 0 Å². The Morgan fingerprint density at radius 3 is 2.65 bits per heavy atom. The van der Waals surface area contributed by atoms with Gasteiger partial charge in [-0.1, -0.05) is 5.10 Å². The van der Waals surface area contributed by atoms with Crippen molar-refractivity contribution in [3.63, 3.8) is 0 Å². The first-order valence-electron chi connectivity index (χ1n) is 5.48. The first-order valence-corrected chi connectivity index (χ1v) is 5.48. The van der Waals surface area contributed by atoms with Crippen LogP contribution >= 0.6 is 0 Å². The summed E-state index contributed by atoms with van der Waals surface area (Å²) in [5.41, 5.74) is 5.11. The Morgan fingerprint density at radius 2 is 2.12 bits per heavy atom. The monoisotopic (exact) mass is 241 g/mol. The molecule has 7 nitrogen and oxygen atoms in total. The van der Waals surface area contributed by atoms with Crippen LogP contribution in [0.15, 0.2) is 4.42 Å². The average Bonchev–Trinajstić information content (AvgIpc) is 2.63. The van der Waals surface area contributed by atoms with Crippen LogP contribution in [0.25, 0.3) is 0 Å². The SMILES string of the molecule is CC(C)(C)NC(=O)CCNc1nnc(CN)o1. The Kier molecular flexibility index (Phi) is 4.45. The van der Waals surface area contributed by atoms with Gasteiger partial charge in [-0.05, 0) is 20.8 Å². The summed E-state index contributed by atoms with van der Waals surface area (Å²) in [6, 6.07) is 0.286. The number of hydrogen-bond acceptors (Lipinski definition) is 6. The maximum Gasteiger partial charge on any atom is 0.315 e. The van der Waals surface area contributed by atoms with Crippen LogP contribution in [0.5, 0.6) is 0 Å². The highest BCUT2D eigenvalue weighted by molar-refractivity contribution is 5.77. The van der Waals surface area contributed by atoms with Crippen LogP contribution in [0.2, 0.25) is 0 Å². The van der Waals surface area contributed by atoms with Gasteiger partial charge in [0, 0.05) is 18.5 Å². The Hall–Kier alpha value is -1.63. The lowest BCUT2D eigenvalue weighted by Gasteiger charge is -2.20. The molecule has 96 valence electrons. The molecule has 0 aliphatic carbocycles. The van der Waals surface area contributed by atoms with E-state index in [-0.39, 0.29) is 24.0 Å². The van der Waals surface area contributed by atoms with Gasteiger partial charge >= 0.3 is 6.01 Å². The van der Waals surface area contributed by atoms with Crippen LogP contribution in [-0.4, -0.2) is 28.2 Å². The van der Waals surface area contributed by atoms with E-state index in [2.05, 4.69) is 20.8 Å². The van der Waals surface area contributed by atoms with Crippen LogP contribution in [0.3, 0.4) is 0 Å². The molecule has 0 unspecified atom stereocenters. The molecule has 1 aromatic rings. The Labute approximate surface area is 100 Å². The van der Waals surface area contributed by atoms with E-state index in [9.17, 15) is 4.79 Å². The second kappa shape index (κ2) is 5.62. The zero-order valence-corrected chi connectivity index (χ0v) is 10.4. The quantitative estimate of drug-likeness (QED) is 0.682. The van der Waals surface area contributed by atoms with Crippen LogP contribution in [-0.2, 0) is 11.3 Å². The molecule has 7 heteroatoms. The third-order valence-corrected chi connectivity index (χ3v) is 1.78. The largest absolute Gasteiger partial charge is 0.407 e. The van der Waals surface area contributed by atoms with Crippen LogP contribution in [0.4, 0.5) is 6.01 Å². The van der Waals surface area contributed by atoms with E-state index >= 15 is 0 Å². The van der Waals surface area contributed by atoms with Crippen LogP contribution in [0.1, 0.15) is 33.1 Å². The van der Waals surface area contributed by atoms with Gasteiger partial charge in [-0.15, -0.1) is 5.10 Å². The number of aromatic nitrogens is 2. The minimum Gasteiger partial charge on any atom is -0.407 e. The van der Waals surface area contributed by atoms with Gasteiger partial charge in [0.25, 0.3) is 0 Å². The fourth-order valence-corrected chi connectivity index (χ4v) is 1.17. The molecule has 1 rings (SSSR count). The van der Waals surface area contributed by atoms with E-state index in [0.717, 1.165) is 0 Å². The van der Waals surface area contributed by atoms with Crippen molar-refractivity contribution in [3.05, 3.63) is 5.89 Å². The lowest BCUT2D eigenvalue weighted by atomic mass is 10.1. The lowest BCUT2D eigenvalue weighted by molar-refractivity contribution is -0.122. The molecule has 1 amide bonds. The lowest BCUT2D eigenvalue weighted by Crippen LogP contribution is -2.41. The molecule has 4 N–H and O–H groups in total. The maximum absolute atomic E-state index is 11.5. The number of nitrogens with zero attached hydrogens (tertiary/aromatic N) is 2. The van der Waals surface area contributed by atoms with E-state index in [1.54, 1.807) is 0 Å². The smallest absolute Gasteiger partial charge is 0.315 e. The molecule has 0 spiro atoms. The molecule has 0 aromatic carbocycles. The third-order valence-electron chi connectivity index (χ3n) is 1.78. The normalized spacial score (nSPS) is 11.3. The molecule has 0 fully saturated rings. The van der Waals surface area contributed by atoms with Gasteiger partial charge in [-0.2, -0.15) is 0 Å². The first kappa shape index (κ1) is 13.4. The fourth-order valence-electron chi connectivity index (χ4n) is 1.17. The summed E-state index contributed by atoms with van der Waals surface area (Å²) >= 11 is 0. The molecule has 0 saturated carbocycles. The molecule has 17 heavy (non-hydrogen) atoms. The Balaban J connectivity index is 2.26. The fraction of sp³-hybridized carbons (Fsp3) is 0.700. The van der Waals surface area contributed by atoms with E-state index in [4.69, 9.17) is 10.2 Å². The highest BCUT2D eigenvalue weighted by Crippen LogP contribution is 2.04. The summed E-state index contributed by atoms with van der Waals surface area (Å²) in [4.78, 5) is 11.5. The second-order valence-corrected chi connectivity index (χ2v) is 4.68. The van der Waals surface area contributed by atoms with Gasteiger partial charge in [0.15, 0.2) is 0 Å². The van der Waals surface area contributed by atoms with Gasteiger partial charge in [0.2, 0.25) is 11.8 Å². The highest BCUT2D eigenvalue weighted by Gasteiger charge is 2.13. The van der Waals surface area contributed by atoms with E-state index in [1.165, 1.54) is 0 Å². The minimum atomic E-state index is -0.214. The van der Waals surface area contributed by atoms with Gasteiger partial charge in [-0.25, -0.2) is 0 Å². The van der Waals surface area contributed by atoms with Crippen molar-refractivity contribution < 1.29 is 9.21 Å². The summed E-state index contributed by atoms with van der Waals surface area (Å²) in [5.74, 6) is 0.343. The first-order chi connectivity index (χ1) is 7.90. The molecule has 0 aliphatic heterocycles. The number of carbonyl (C=O) groups excluding carboxylic acids is 1. The van der Waals surface area contributed by atoms with Crippen molar-refractivity contribution in [1.82, 2.24) is 15.5 Å². The van der Waals surface area contributed by atoms with Crippen molar-refractivity contribution in [1.29, 1.82) is 0 Å². The van der Waals surface area contributed by atoms with Crippen molar-refractivity contribution in [2.24, 2.45) is 5.73 Å². The van der Waals surface area contributed by atoms with Gasteiger partial charge in [0.05, 0.1) is 6.54 Å². The highest BCUT2D eigenvalue weighted by atomic mass is 16.4. The summed E-state index contributed by atoms with van der Waals surface area (Å²) in [5, 5.41) is 13.1. The molecule has 0 radical (unpaired) electrons. The van der Waals surface area contributed by atoms with Crippen LogP contribution in [0, 0.1) is 0 Å². The topological polar surface area (TPSA) is 106 Å². The molecule has 1 heterocycles.